The van der Waals surface area contributed by atoms with Crippen LogP contribution in [0.15, 0.2) is 134 Å². The maximum Gasteiger partial charge on any atom is 0.472 e. The molecule has 19 heteroatoms. The number of allylic oxidation sites excluding steroid dienone is 22. The molecular formula is C81H136O17P2. The predicted molar refractivity (Wildman–Crippen MR) is 408 cm³/mol. The van der Waals surface area contributed by atoms with Crippen molar-refractivity contribution in [3.05, 3.63) is 134 Å². The normalized spacial score (nSPS) is 14.7. The van der Waals surface area contributed by atoms with Crippen LogP contribution in [-0.4, -0.2) is 96.7 Å². The van der Waals surface area contributed by atoms with Crippen molar-refractivity contribution in [2.75, 3.05) is 39.6 Å². The van der Waals surface area contributed by atoms with Crippen molar-refractivity contribution < 1.29 is 80.2 Å². The standard InChI is InChI=1S/C81H136O17P2/c1-5-9-13-17-21-25-29-33-35-36-37-38-40-44-46-50-54-58-62-66-79(84)92-72-77(98-81(86)68-64-60-56-52-48-42-32-28-24-20-16-12-8-4)74-96-100(89,90)94-70-75(82)69-93-99(87,88)95-73-76(97-80(85)67-63-59-55-51-47-41-31-27-23-19-15-11-7-3)71-91-78(83)65-61-57-53-49-45-43-39-34-30-26-22-18-14-10-6-2/h9,13,16,20-22,25-28,31-35,37-39,44,46,54,58,75-77,82H,5-8,10-12,14-15,17-19,23-24,29-30,36,40-43,45,47-53,55-57,59-74H2,1-4H3,(H,87,88)(H,89,90)/b13-9-,20-16-,25-21-,26-22-,31-27-,32-28-,35-33-,38-37-,39-34-,46-44-,58-54-. The second-order valence-corrected chi connectivity index (χ2v) is 28.1. The van der Waals surface area contributed by atoms with Crippen molar-refractivity contribution in [2.45, 2.75) is 316 Å². The van der Waals surface area contributed by atoms with E-state index in [4.69, 9.17) is 37.0 Å². The molecule has 0 rings (SSSR count). The van der Waals surface area contributed by atoms with Crippen molar-refractivity contribution in [2.24, 2.45) is 0 Å². The molecule has 0 heterocycles. The van der Waals surface area contributed by atoms with E-state index in [-0.39, 0.29) is 25.7 Å². The van der Waals surface area contributed by atoms with Gasteiger partial charge in [-0.3, -0.25) is 37.3 Å². The van der Waals surface area contributed by atoms with Crippen LogP contribution in [0, 0.1) is 0 Å². The Bertz CT molecular complexity index is 2420. The topological polar surface area (TPSA) is 237 Å². The smallest absolute Gasteiger partial charge is 0.462 e. The molecule has 5 atom stereocenters. The van der Waals surface area contributed by atoms with Gasteiger partial charge in [-0.15, -0.1) is 0 Å². The number of rotatable bonds is 71. The summed E-state index contributed by atoms with van der Waals surface area (Å²) in [5.74, 6) is -2.32. The van der Waals surface area contributed by atoms with Crippen LogP contribution in [0.2, 0.25) is 0 Å². The van der Waals surface area contributed by atoms with E-state index in [2.05, 4.69) is 143 Å². The van der Waals surface area contributed by atoms with E-state index in [0.717, 1.165) is 167 Å². The first-order valence-corrected chi connectivity index (χ1v) is 41.4. The maximum atomic E-state index is 13.1. The number of esters is 4. The highest BCUT2D eigenvalue weighted by molar-refractivity contribution is 7.47. The third kappa shape index (κ3) is 71.6. The van der Waals surface area contributed by atoms with Crippen LogP contribution in [0.5, 0.6) is 0 Å². The Hall–Kier alpha value is -4.80. The minimum Gasteiger partial charge on any atom is -0.462 e. The first-order valence-electron chi connectivity index (χ1n) is 38.4. The molecular weight excluding hydrogens is 1310 g/mol. The van der Waals surface area contributed by atoms with E-state index in [0.29, 0.717) is 32.1 Å². The number of phosphoric ester groups is 2. The second-order valence-electron chi connectivity index (χ2n) is 25.2. The molecule has 3 N–H and O–H groups in total. The average Bonchev–Trinajstić information content (AvgIpc) is 0.935. The van der Waals surface area contributed by atoms with Crippen molar-refractivity contribution in [1.82, 2.24) is 0 Å². The summed E-state index contributed by atoms with van der Waals surface area (Å²) in [6, 6.07) is 0. The first kappa shape index (κ1) is 95.2. The summed E-state index contributed by atoms with van der Waals surface area (Å²) >= 11 is 0. The van der Waals surface area contributed by atoms with Gasteiger partial charge in [-0.25, -0.2) is 9.13 Å². The monoisotopic (exact) mass is 1440 g/mol. The van der Waals surface area contributed by atoms with Gasteiger partial charge in [-0.2, -0.15) is 0 Å². The Kier molecular flexibility index (Phi) is 69.1. The molecule has 5 unspecified atom stereocenters. The van der Waals surface area contributed by atoms with Crippen LogP contribution in [0.1, 0.15) is 297 Å². The van der Waals surface area contributed by atoms with Gasteiger partial charge in [0.2, 0.25) is 0 Å². The Morgan fingerprint density at radius 1 is 0.290 bits per heavy atom. The van der Waals surface area contributed by atoms with Crippen LogP contribution in [0.3, 0.4) is 0 Å². The molecule has 0 aromatic carbocycles. The van der Waals surface area contributed by atoms with Crippen LogP contribution in [-0.2, 0) is 65.4 Å². The number of aliphatic hydroxyl groups is 1. The summed E-state index contributed by atoms with van der Waals surface area (Å²) in [5.41, 5.74) is 0. The van der Waals surface area contributed by atoms with Crippen molar-refractivity contribution in [3.63, 3.8) is 0 Å². The fourth-order valence-corrected chi connectivity index (χ4v) is 11.3. The highest BCUT2D eigenvalue weighted by Gasteiger charge is 2.30. The molecule has 0 aliphatic heterocycles. The predicted octanol–water partition coefficient (Wildman–Crippen LogP) is 22.1. The Morgan fingerprint density at radius 3 is 0.930 bits per heavy atom. The SMILES string of the molecule is CC/C=C\C/C=C\C/C=C\C/C=C\C/C=C\C/C=C\CCC(=O)OCC(COP(=O)(O)OCC(O)COP(=O)(O)OCC(COC(=O)CCCCCCC/C=C\C/C=C\CCCCC)OC(=O)CCCCCCC/C=C\CCCCCC)OC(=O)CCCCCCC/C=C\C/C=C\CCC. The molecule has 0 aromatic heterocycles. The summed E-state index contributed by atoms with van der Waals surface area (Å²) in [5, 5.41) is 10.6. The van der Waals surface area contributed by atoms with Crippen molar-refractivity contribution in [1.29, 1.82) is 0 Å². The van der Waals surface area contributed by atoms with Gasteiger partial charge in [0.15, 0.2) is 12.2 Å². The number of unbranched alkanes of at least 4 members (excludes halogenated alkanes) is 23. The summed E-state index contributed by atoms with van der Waals surface area (Å²) in [4.78, 5) is 72.8. The van der Waals surface area contributed by atoms with Crippen LogP contribution < -0.4 is 0 Å². The number of hydrogen-bond donors (Lipinski definition) is 3. The fourth-order valence-electron chi connectivity index (χ4n) is 9.72. The second kappa shape index (κ2) is 72.5. The number of hydrogen-bond acceptors (Lipinski definition) is 15. The summed E-state index contributed by atoms with van der Waals surface area (Å²) in [6.07, 6.45) is 80.3. The van der Waals surface area contributed by atoms with E-state index < -0.39 is 97.5 Å². The Labute approximate surface area is 605 Å². The van der Waals surface area contributed by atoms with E-state index in [9.17, 15) is 43.2 Å². The van der Waals surface area contributed by atoms with Gasteiger partial charge in [0.1, 0.15) is 19.3 Å². The lowest BCUT2D eigenvalue weighted by atomic mass is 10.1. The molecule has 0 fully saturated rings. The summed E-state index contributed by atoms with van der Waals surface area (Å²) in [7, 11) is -9.98. The largest absolute Gasteiger partial charge is 0.472 e. The third-order valence-corrected chi connectivity index (χ3v) is 17.5. The molecule has 0 saturated carbocycles. The minimum absolute atomic E-state index is 0.0297. The van der Waals surface area contributed by atoms with Gasteiger partial charge in [-0.05, 0) is 148 Å². The fraction of sp³-hybridized carbons (Fsp3) is 0.679. The van der Waals surface area contributed by atoms with Gasteiger partial charge in [0.05, 0.1) is 26.4 Å². The zero-order valence-electron chi connectivity index (χ0n) is 62.3. The Balaban J connectivity index is 5.42. The molecule has 0 bridgehead atoms. The molecule has 0 aliphatic rings. The lowest BCUT2D eigenvalue weighted by Gasteiger charge is -2.21. The van der Waals surface area contributed by atoms with Crippen LogP contribution in [0.25, 0.3) is 0 Å². The third-order valence-electron chi connectivity index (χ3n) is 15.6. The molecule has 17 nitrogen and oxygen atoms in total. The number of phosphoric acid groups is 2. The Morgan fingerprint density at radius 2 is 0.560 bits per heavy atom. The highest BCUT2D eigenvalue weighted by atomic mass is 31.2. The van der Waals surface area contributed by atoms with E-state index in [1.807, 2.05) is 18.2 Å². The van der Waals surface area contributed by atoms with Gasteiger partial charge < -0.3 is 33.8 Å². The zero-order valence-corrected chi connectivity index (χ0v) is 64.1. The maximum absolute atomic E-state index is 13.1. The number of carbonyl (C=O) groups excluding carboxylic acids is 4. The van der Waals surface area contributed by atoms with Crippen molar-refractivity contribution in [3.8, 4) is 0 Å². The summed E-state index contributed by atoms with van der Waals surface area (Å²) < 4.78 is 68.4. The molecule has 0 radical (unpaired) electrons. The van der Waals surface area contributed by atoms with Crippen LogP contribution >= 0.6 is 15.6 Å². The number of aliphatic hydroxyl groups excluding tert-OH is 1. The lowest BCUT2D eigenvalue weighted by Crippen LogP contribution is -2.30. The highest BCUT2D eigenvalue weighted by Crippen LogP contribution is 2.45. The zero-order chi connectivity index (χ0) is 73.2. The molecule has 0 aliphatic carbocycles. The number of ether oxygens (including phenoxy) is 4. The average molecular weight is 1440 g/mol. The van der Waals surface area contributed by atoms with Gasteiger partial charge in [0, 0.05) is 25.7 Å². The van der Waals surface area contributed by atoms with Gasteiger partial charge in [0.25, 0.3) is 0 Å². The molecule has 0 spiro atoms. The molecule has 0 aromatic rings. The molecule has 0 amide bonds. The van der Waals surface area contributed by atoms with E-state index in [1.165, 1.54) is 44.9 Å². The lowest BCUT2D eigenvalue weighted by molar-refractivity contribution is -0.161. The van der Waals surface area contributed by atoms with Gasteiger partial charge >= 0.3 is 39.5 Å². The molecule has 100 heavy (non-hydrogen) atoms. The number of carbonyl (C=O) groups is 4. The van der Waals surface area contributed by atoms with Gasteiger partial charge in [-0.1, -0.05) is 258 Å². The van der Waals surface area contributed by atoms with Crippen LogP contribution in [0.4, 0.5) is 0 Å². The first-order chi connectivity index (χ1) is 48.7. The van der Waals surface area contributed by atoms with E-state index in [1.54, 1.807) is 0 Å². The quantitative estimate of drug-likeness (QED) is 0.0169. The summed E-state index contributed by atoms with van der Waals surface area (Å²) in [6.45, 7) is 4.52. The minimum atomic E-state index is -5.00. The van der Waals surface area contributed by atoms with Crippen molar-refractivity contribution >= 4 is 39.5 Å². The van der Waals surface area contributed by atoms with E-state index >= 15 is 0 Å². The molecule has 572 valence electrons. The molecule has 0 saturated heterocycles.